The third kappa shape index (κ3) is 4.39. The summed E-state index contributed by atoms with van der Waals surface area (Å²) in [5.74, 6) is 0.781. The highest BCUT2D eigenvalue weighted by atomic mass is 32.1. The topological polar surface area (TPSA) is 54.0 Å². The number of aromatic nitrogens is 1. The number of nitrogens with one attached hydrogen (secondary N) is 2. The highest BCUT2D eigenvalue weighted by Gasteiger charge is 2.17. The average Bonchev–Trinajstić information content (AvgIpc) is 2.95. The van der Waals surface area contributed by atoms with Gasteiger partial charge in [0.2, 0.25) is 5.91 Å². The molecule has 5 heteroatoms. The summed E-state index contributed by atoms with van der Waals surface area (Å²) in [6, 6.07) is 10.0. The number of hydrogen-bond acceptors (Lipinski definition) is 4. The number of nitrogens with zero attached hydrogens (tertiary/aromatic N) is 1. The fourth-order valence-corrected chi connectivity index (χ4v) is 3.86. The molecular weight excluding hydrogens is 306 g/mol. The largest absolute Gasteiger partial charge is 0.317 e. The van der Waals surface area contributed by atoms with Crippen LogP contribution in [0.1, 0.15) is 30.7 Å². The lowest BCUT2D eigenvalue weighted by atomic mass is 9.93. The second kappa shape index (κ2) is 7.70. The van der Waals surface area contributed by atoms with E-state index >= 15 is 0 Å². The number of rotatable bonds is 5. The second-order valence-electron chi connectivity index (χ2n) is 6.06. The van der Waals surface area contributed by atoms with Crippen LogP contribution in [0.5, 0.6) is 0 Å². The van der Waals surface area contributed by atoms with Gasteiger partial charge in [-0.1, -0.05) is 30.3 Å². The fraction of sp³-hybridized carbons (Fsp3) is 0.444. The lowest BCUT2D eigenvalue weighted by Gasteiger charge is -2.22. The Balaban J connectivity index is 1.62. The zero-order chi connectivity index (χ0) is 16.1. The van der Waals surface area contributed by atoms with Gasteiger partial charge in [0.05, 0.1) is 5.01 Å². The number of hydrogen-bond donors (Lipinski definition) is 2. The molecule has 1 saturated heterocycles. The Morgan fingerprint density at radius 2 is 2.04 bits per heavy atom. The molecule has 2 aromatic rings. The Bertz CT molecular complexity index is 648. The van der Waals surface area contributed by atoms with Crippen LogP contribution in [-0.2, 0) is 4.79 Å². The summed E-state index contributed by atoms with van der Waals surface area (Å²) in [6.07, 6.45) is 3.94. The molecule has 0 unspecified atom stereocenters. The molecule has 4 nitrogen and oxygen atoms in total. The molecule has 0 bridgehead atoms. The summed E-state index contributed by atoms with van der Waals surface area (Å²) in [4.78, 5) is 16.9. The van der Waals surface area contributed by atoms with Crippen LogP contribution in [0.15, 0.2) is 30.3 Å². The summed E-state index contributed by atoms with van der Waals surface area (Å²) in [6.45, 7) is 4.14. The molecule has 1 aromatic carbocycles. The van der Waals surface area contributed by atoms with Crippen LogP contribution in [0, 0.1) is 12.8 Å². The van der Waals surface area contributed by atoms with Crippen molar-refractivity contribution in [3.63, 3.8) is 0 Å². The van der Waals surface area contributed by atoms with Crippen molar-refractivity contribution < 1.29 is 4.79 Å². The smallest absolute Gasteiger partial charge is 0.225 e. The number of carbonyl (C=O) groups is 1. The molecule has 0 aliphatic carbocycles. The van der Waals surface area contributed by atoms with E-state index in [1.54, 1.807) is 11.3 Å². The van der Waals surface area contributed by atoms with Gasteiger partial charge in [-0.05, 0) is 45.2 Å². The molecule has 1 aromatic heterocycles. The summed E-state index contributed by atoms with van der Waals surface area (Å²) >= 11 is 1.55. The van der Waals surface area contributed by atoms with Gasteiger partial charge in [-0.3, -0.25) is 4.79 Å². The van der Waals surface area contributed by atoms with Crippen molar-refractivity contribution in [2.45, 2.75) is 32.6 Å². The van der Waals surface area contributed by atoms with E-state index in [0.717, 1.165) is 40.8 Å². The van der Waals surface area contributed by atoms with Gasteiger partial charge in [-0.2, -0.15) is 0 Å². The number of carbonyl (C=O) groups excluding carboxylic acids is 1. The normalized spacial score (nSPS) is 15.5. The minimum atomic E-state index is 0.101. The SMILES string of the molecule is Cc1nc(-c2ccccc2)c(NC(=O)CCC2CCNCC2)s1. The molecular formula is C18H23N3OS. The number of aryl methyl sites for hydroxylation is 1. The molecule has 0 radical (unpaired) electrons. The zero-order valence-corrected chi connectivity index (χ0v) is 14.3. The van der Waals surface area contributed by atoms with Crippen LogP contribution in [0.2, 0.25) is 0 Å². The van der Waals surface area contributed by atoms with Gasteiger partial charge in [0.1, 0.15) is 10.7 Å². The van der Waals surface area contributed by atoms with Gasteiger partial charge in [-0.15, -0.1) is 11.3 Å². The van der Waals surface area contributed by atoms with Gasteiger partial charge in [0.25, 0.3) is 0 Å². The van der Waals surface area contributed by atoms with Gasteiger partial charge >= 0.3 is 0 Å². The number of amides is 1. The first-order valence-corrected chi connectivity index (χ1v) is 9.07. The standard InChI is InChI=1S/C18H23N3OS/c1-13-20-17(15-5-3-2-4-6-15)18(23-13)21-16(22)8-7-14-9-11-19-12-10-14/h2-6,14,19H,7-12H2,1H3,(H,21,22). The van der Waals surface area contributed by atoms with Gasteiger partial charge in [0, 0.05) is 12.0 Å². The molecule has 1 amide bonds. The average molecular weight is 329 g/mol. The molecule has 122 valence electrons. The maximum atomic E-state index is 12.3. The quantitative estimate of drug-likeness (QED) is 0.876. The second-order valence-corrected chi connectivity index (χ2v) is 7.26. The first-order chi connectivity index (χ1) is 11.2. The van der Waals surface area contributed by atoms with Crippen molar-refractivity contribution in [1.29, 1.82) is 0 Å². The van der Waals surface area contributed by atoms with E-state index in [9.17, 15) is 4.79 Å². The van der Waals surface area contributed by atoms with Crippen LogP contribution in [0.3, 0.4) is 0 Å². The minimum absolute atomic E-state index is 0.101. The van der Waals surface area contributed by atoms with Crippen LogP contribution in [-0.4, -0.2) is 24.0 Å². The van der Waals surface area contributed by atoms with E-state index in [1.165, 1.54) is 12.8 Å². The molecule has 3 rings (SSSR count). The van der Waals surface area contributed by atoms with E-state index in [-0.39, 0.29) is 5.91 Å². The molecule has 1 aliphatic heterocycles. The van der Waals surface area contributed by atoms with E-state index < -0.39 is 0 Å². The van der Waals surface area contributed by atoms with Crippen molar-refractivity contribution in [2.75, 3.05) is 18.4 Å². The first-order valence-electron chi connectivity index (χ1n) is 8.26. The van der Waals surface area contributed by atoms with Crippen molar-refractivity contribution in [2.24, 2.45) is 5.92 Å². The maximum absolute atomic E-state index is 12.3. The van der Waals surface area contributed by atoms with E-state index in [2.05, 4.69) is 15.6 Å². The van der Waals surface area contributed by atoms with Gasteiger partial charge < -0.3 is 10.6 Å². The monoisotopic (exact) mass is 329 g/mol. The number of piperidine rings is 1. The summed E-state index contributed by atoms with van der Waals surface area (Å²) in [5, 5.41) is 8.27. The van der Waals surface area contributed by atoms with Crippen LogP contribution in [0.25, 0.3) is 11.3 Å². The van der Waals surface area contributed by atoms with Crippen molar-refractivity contribution in [1.82, 2.24) is 10.3 Å². The van der Waals surface area contributed by atoms with Crippen molar-refractivity contribution in [3.05, 3.63) is 35.3 Å². The predicted molar refractivity (Wildman–Crippen MR) is 95.7 cm³/mol. The van der Waals surface area contributed by atoms with E-state index in [4.69, 9.17) is 0 Å². The van der Waals surface area contributed by atoms with Crippen LogP contribution >= 0.6 is 11.3 Å². The molecule has 1 aliphatic rings. The lowest BCUT2D eigenvalue weighted by Crippen LogP contribution is -2.28. The zero-order valence-electron chi connectivity index (χ0n) is 13.5. The van der Waals surface area contributed by atoms with Gasteiger partial charge in [0.15, 0.2) is 0 Å². The Labute approximate surface area is 141 Å². The molecule has 2 N–H and O–H groups in total. The van der Waals surface area contributed by atoms with Crippen LogP contribution < -0.4 is 10.6 Å². The van der Waals surface area contributed by atoms with E-state index in [1.807, 2.05) is 37.3 Å². The third-order valence-electron chi connectivity index (χ3n) is 4.27. The number of anilines is 1. The van der Waals surface area contributed by atoms with E-state index in [0.29, 0.717) is 12.3 Å². The molecule has 23 heavy (non-hydrogen) atoms. The number of benzene rings is 1. The highest BCUT2D eigenvalue weighted by Crippen LogP contribution is 2.33. The van der Waals surface area contributed by atoms with Crippen LogP contribution in [0.4, 0.5) is 5.00 Å². The molecule has 0 atom stereocenters. The predicted octanol–water partition coefficient (Wildman–Crippen LogP) is 3.84. The Morgan fingerprint density at radius 1 is 1.30 bits per heavy atom. The molecule has 0 spiro atoms. The summed E-state index contributed by atoms with van der Waals surface area (Å²) in [5.41, 5.74) is 1.92. The molecule has 0 saturated carbocycles. The molecule has 2 heterocycles. The maximum Gasteiger partial charge on any atom is 0.225 e. The lowest BCUT2D eigenvalue weighted by molar-refractivity contribution is -0.116. The van der Waals surface area contributed by atoms with Crippen molar-refractivity contribution in [3.8, 4) is 11.3 Å². The van der Waals surface area contributed by atoms with Gasteiger partial charge in [-0.25, -0.2) is 4.98 Å². The first kappa shape index (κ1) is 16.1. The fourth-order valence-electron chi connectivity index (χ4n) is 3.00. The summed E-state index contributed by atoms with van der Waals surface area (Å²) < 4.78 is 0. The third-order valence-corrected chi connectivity index (χ3v) is 5.16. The summed E-state index contributed by atoms with van der Waals surface area (Å²) in [7, 11) is 0. The Hall–Kier alpha value is -1.72. The highest BCUT2D eigenvalue weighted by molar-refractivity contribution is 7.16. The van der Waals surface area contributed by atoms with Crippen molar-refractivity contribution >= 4 is 22.2 Å². The Morgan fingerprint density at radius 3 is 2.78 bits per heavy atom. The minimum Gasteiger partial charge on any atom is -0.317 e. The molecule has 1 fully saturated rings. The number of thiazole rings is 1. The Kier molecular flexibility index (Phi) is 5.41.